The number of halogens is 1. The van der Waals surface area contributed by atoms with Crippen molar-refractivity contribution in [1.82, 2.24) is 9.97 Å². The van der Waals surface area contributed by atoms with Gasteiger partial charge in [0.25, 0.3) is 0 Å². The van der Waals surface area contributed by atoms with Gasteiger partial charge in [0.05, 0.1) is 18.6 Å². The van der Waals surface area contributed by atoms with Gasteiger partial charge in [0.1, 0.15) is 28.6 Å². The summed E-state index contributed by atoms with van der Waals surface area (Å²) >= 11 is 6.12. The van der Waals surface area contributed by atoms with Gasteiger partial charge in [0, 0.05) is 37.2 Å². The highest BCUT2D eigenvalue weighted by Gasteiger charge is 2.44. The number of nitrogens with zero attached hydrogens (tertiary/aromatic N) is 3. The van der Waals surface area contributed by atoms with E-state index >= 15 is 0 Å². The number of carbonyl (C=O) groups is 2. The second kappa shape index (κ2) is 7.87. The standard InChI is InChI=1S/C22H24ClN3O4/c1-4-29-21(28)17-12-24-14(3)25-20(17)26-7-5-22(6-8-26)11-18(27)16-10-15(23)9-13(2)19(16)30-22/h9-10,12H,4-8,11H2,1-3H3. The molecule has 1 aromatic heterocycles. The summed E-state index contributed by atoms with van der Waals surface area (Å²) < 4.78 is 11.6. The molecule has 0 N–H and O–H groups in total. The molecule has 1 spiro atoms. The van der Waals surface area contributed by atoms with E-state index in [1.54, 1.807) is 19.9 Å². The topological polar surface area (TPSA) is 81.6 Å². The number of benzene rings is 1. The Morgan fingerprint density at radius 2 is 2.03 bits per heavy atom. The van der Waals surface area contributed by atoms with Gasteiger partial charge in [-0.3, -0.25) is 4.79 Å². The number of rotatable bonds is 3. The number of aryl methyl sites for hydroxylation is 2. The van der Waals surface area contributed by atoms with E-state index < -0.39 is 11.6 Å². The molecule has 1 aromatic carbocycles. The molecule has 0 unspecified atom stereocenters. The molecule has 158 valence electrons. The first kappa shape index (κ1) is 20.6. The lowest BCUT2D eigenvalue weighted by Gasteiger charge is -2.44. The predicted molar refractivity (Wildman–Crippen MR) is 113 cm³/mol. The monoisotopic (exact) mass is 429 g/mol. The Hall–Kier alpha value is -2.67. The predicted octanol–water partition coefficient (Wildman–Crippen LogP) is 3.93. The van der Waals surface area contributed by atoms with Crippen LogP contribution in [0, 0.1) is 13.8 Å². The van der Waals surface area contributed by atoms with Crippen LogP contribution in [0.15, 0.2) is 18.3 Å². The highest BCUT2D eigenvalue weighted by atomic mass is 35.5. The summed E-state index contributed by atoms with van der Waals surface area (Å²) in [7, 11) is 0. The molecular formula is C22H24ClN3O4. The number of hydrogen-bond donors (Lipinski definition) is 0. The highest BCUT2D eigenvalue weighted by molar-refractivity contribution is 6.31. The summed E-state index contributed by atoms with van der Waals surface area (Å²) in [6.07, 6.45) is 3.13. The molecule has 1 fully saturated rings. The van der Waals surface area contributed by atoms with Gasteiger partial charge in [-0.2, -0.15) is 0 Å². The van der Waals surface area contributed by atoms with Gasteiger partial charge in [-0.05, 0) is 38.5 Å². The largest absolute Gasteiger partial charge is 0.486 e. The van der Waals surface area contributed by atoms with Gasteiger partial charge in [0.2, 0.25) is 0 Å². The molecule has 8 heteroatoms. The fourth-order valence-electron chi connectivity index (χ4n) is 4.17. The lowest BCUT2D eigenvalue weighted by molar-refractivity contribution is 0.0225. The van der Waals surface area contributed by atoms with Gasteiger partial charge < -0.3 is 14.4 Å². The Balaban J connectivity index is 1.57. The molecule has 7 nitrogen and oxygen atoms in total. The SMILES string of the molecule is CCOC(=O)c1cnc(C)nc1N1CCC2(CC1)CC(=O)c1cc(Cl)cc(C)c1O2. The van der Waals surface area contributed by atoms with Crippen molar-refractivity contribution < 1.29 is 19.1 Å². The lowest BCUT2D eigenvalue weighted by atomic mass is 9.82. The van der Waals surface area contributed by atoms with Gasteiger partial charge in [-0.25, -0.2) is 14.8 Å². The summed E-state index contributed by atoms with van der Waals surface area (Å²) in [5.74, 6) is 1.41. The van der Waals surface area contributed by atoms with Gasteiger partial charge >= 0.3 is 5.97 Å². The molecule has 2 aliphatic rings. The van der Waals surface area contributed by atoms with E-state index in [0.29, 0.717) is 65.9 Å². The van der Waals surface area contributed by atoms with Crippen LogP contribution in [0.2, 0.25) is 5.02 Å². The van der Waals surface area contributed by atoms with Crippen LogP contribution in [-0.4, -0.2) is 47.0 Å². The number of ether oxygens (including phenoxy) is 2. The second-order valence-electron chi connectivity index (χ2n) is 7.85. The third kappa shape index (κ3) is 3.74. The second-order valence-corrected chi connectivity index (χ2v) is 8.28. The van der Waals surface area contributed by atoms with Crippen LogP contribution in [0.4, 0.5) is 5.82 Å². The van der Waals surface area contributed by atoms with Crippen LogP contribution in [-0.2, 0) is 4.74 Å². The fourth-order valence-corrected chi connectivity index (χ4v) is 4.44. The summed E-state index contributed by atoms with van der Waals surface area (Å²) in [6.45, 7) is 6.96. The Kier molecular flexibility index (Phi) is 5.40. The minimum Gasteiger partial charge on any atom is -0.486 e. The fraction of sp³-hybridized carbons (Fsp3) is 0.455. The molecule has 3 heterocycles. The summed E-state index contributed by atoms with van der Waals surface area (Å²) in [4.78, 5) is 35.9. The first-order valence-electron chi connectivity index (χ1n) is 10.1. The van der Waals surface area contributed by atoms with E-state index in [1.165, 1.54) is 6.20 Å². The zero-order chi connectivity index (χ0) is 21.5. The van der Waals surface area contributed by atoms with Crippen LogP contribution in [0.3, 0.4) is 0 Å². The normalized spacial score (nSPS) is 17.5. The van der Waals surface area contributed by atoms with Crippen molar-refractivity contribution in [2.24, 2.45) is 0 Å². The van der Waals surface area contributed by atoms with Crippen LogP contribution in [0.5, 0.6) is 5.75 Å². The van der Waals surface area contributed by atoms with Gasteiger partial charge in [-0.15, -0.1) is 0 Å². The van der Waals surface area contributed by atoms with E-state index in [1.807, 2.05) is 17.9 Å². The van der Waals surface area contributed by atoms with Crippen LogP contribution >= 0.6 is 11.6 Å². The average Bonchev–Trinajstić information content (AvgIpc) is 2.70. The summed E-state index contributed by atoms with van der Waals surface area (Å²) in [5.41, 5.74) is 1.23. The molecule has 4 rings (SSSR count). The zero-order valence-corrected chi connectivity index (χ0v) is 18.1. The average molecular weight is 430 g/mol. The van der Waals surface area contributed by atoms with Gasteiger partial charge in [-0.1, -0.05) is 11.6 Å². The Morgan fingerprint density at radius 1 is 1.30 bits per heavy atom. The number of ketones is 1. The molecule has 1 saturated heterocycles. The number of fused-ring (bicyclic) bond motifs is 1. The molecule has 30 heavy (non-hydrogen) atoms. The summed E-state index contributed by atoms with van der Waals surface area (Å²) in [5, 5.41) is 0.541. The smallest absolute Gasteiger partial charge is 0.343 e. The van der Waals surface area contributed by atoms with E-state index in [-0.39, 0.29) is 12.4 Å². The molecule has 0 amide bonds. The molecule has 0 bridgehead atoms. The Labute approximate surface area is 180 Å². The molecule has 0 atom stereocenters. The van der Waals surface area contributed by atoms with Crippen molar-refractivity contribution in [3.63, 3.8) is 0 Å². The van der Waals surface area contributed by atoms with Crippen molar-refractivity contribution in [2.45, 2.75) is 45.6 Å². The third-order valence-electron chi connectivity index (χ3n) is 5.70. The maximum absolute atomic E-state index is 12.8. The van der Waals surface area contributed by atoms with E-state index in [0.717, 1.165) is 5.56 Å². The number of Topliss-reactive ketones (excluding diaryl/α,β-unsaturated/α-hetero) is 1. The molecule has 2 aliphatic heterocycles. The maximum atomic E-state index is 12.8. The quantitative estimate of drug-likeness (QED) is 0.683. The zero-order valence-electron chi connectivity index (χ0n) is 17.3. The van der Waals surface area contributed by atoms with Gasteiger partial charge in [0.15, 0.2) is 5.78 Å². The van der Waals surface area contributed by atoms with Crippen molar-refractivity contribution >= 4 is 29.2 Å². The number of esters is 1. The third-order valence-corrected chi connectivity index (χ3v) is 5.92. The van der Waals surface area contributed by atoms with Crippen molar-refractivity contribution in [3.8, 4) is 5.75 Å². The van der Waals surface area contributed by atoms with Crippen molar-refractivity contribution in [1.29, 1.82) is 0 Å². The molecular weight excluding hydrogens is 406 g/mol. The highest BCUT2D eigenvalue weighted by Crippen LogP contribution is 2.42. The molecule has 0 aliphatic carbocycles. The lowest BCUT2D eigenvalue weighted by Crippen LogP contribution is -2.51. The first-order valence-corrected chi connectivity index (χ1v) is 10.5. The first-order chi connectivity index (χ1) is 14.3. The van der Waals surface area contributed by atoms with E-state index in [4.69, 9.17) is 21.1 Å². The van der Waals surface area contributed by atoms with E-state index in [2.05, 4.69) is 9.97 Å². The van der Waals surface area contributed by atoms with Crippen LogP contribution in [0.1, 0.15) is 58.3 Å². The molecule has 0 radical (unpaired) electrons. The molecule has 0 saturated carbocycles. The van der Waals surface area contributed by atoms with Crippen LogP contribution in [0.25, 0.3) is 0 Å². The number of piperidine rings is 1. The van der Waals surface area contributed by atoms with Crippen molar-refractivity contribution in [3.05, 3.63) is 45.9 Å². The minimum atomic E-state index is -0.550. The number of anilines is 1. The molecule has 2 aromatic rings. The van der Waals surface area contributed by atoms with Crippen LogP contribution < -0.4 is 9.64 Å². The number of carbonyl (C=O) groups excluding carboxylic acids is 2. The maximum Gasteiger partial charge on any atom is 0.343 e. The Morgan fingerprint density at radius 3 is 2.73 bits per heavy atom. The number of aromatic nitrogens is 2. The van der Waals surface area contributed by atoms with Crippen molar-refractivity contribution in [2.75, 3.05) is 24.6 Å². The minimum absolute atomic E-state index is 0.0559. The number of hydrogen-bond acceptors (Lipinski definition) is 7. The summed E-state index contributed by atoms with van der Waals surface area (Å²) in [6, 6.07) is 3.50. The Bertz CT molecular complexity index is 1020. The van der Waals surface area contributed by atoms with E-state index in [9.17, 15) is 9.59 Å².